The normalized spacial score (nSPS) is 33.3. The van der Waals surface area contributed by atoms with E-state index in [1.807, 2.05) is 28.4 Å². The van der Waals surface area contributed by atoms with Gasteiger partial charge in [0.2, 0.25) is 5.91 Å². The monoisotopic (exact) mass is 309 g/mol. The van der Waals surface area contributed by atoms with Crippen molar-refractivity contribution in [1.29, 1.82) is 0 Å². The van der Waals surface area contributed by atoms with E-state index in [9.17, 15) is 4.79 Å². The molecule has 0 radical (unpaired) electrons. The minimum atomic E-state index is 0.307. The first-order valence-corrected chi connectivity index (χ1v) is 9.13. The molecule has 0 aromatic heterocycles. The van der Waals surface area contributed by atoms with E-state index in [4.69, 9.17) is 0 Å². The maximum absolute atomic E-state index is 11.7. The molecule has 4 heterocycles. The molecule has 2 unspecified atom stereocenters. The van der Waals surface area contributed by atoms with Crippen LogP contribution < -0.4 is 0 Å². The Kier molecular flexibility index (Phi) is 3.07. The Morgan fingerprint density at radius 3 is 2.80 bits per heavy atom. The Morgan fingerprint density at radius 2 is 2.20 bits per heavy atom. The zero-order valence-corrected chi connectivity index (χ0v) is 13.5. The molecule has 4 aliphatic heterocycles. The van der Waals surface area contributed by atoms with Crippen molar-refractivity contribution in [2.24, 2.45) is 10.9 Å². The van der Waals surface area contributed by atoms with Crippen LogP contribution in [0.1, 0.15) is 20.3 Å². The van der Waals surface area contributed by atoms with Gasteiger partial charge in [-0.3, -0.25) is 9.79 Å². The third kappa shape index (κ3) is 1.84. The van der Waals surface area contributed by atoms with Crippen LogP contribution in [0, 0.1) is 5.92 Å². The van der Waals surface area contributed by atoms with Gasteiger partial charge < -0.3 is 9.80 Å². The van der Waals surface area contributed by atoms with Gasteiger partial charge in [-0.1, -0.05) is 18.7 Å². The lowest BCUT2D eigenvalue weighted by molar-refractivity contribution is -0.142. The van der Waals surface area contributed by atoms with Crippen LogP contribution >= 0.6 is 23.5 Å². The van der Waals surface area contributed by atoms with Gasteiger partial charge >= 0.3 is 0 Å². The molecule has 1 amide bonds. The molecular weight excluding hydrogens is 290 g/mol. The number of fused-ring (bicyclic) bond motifs is 1. The molecule has 4 rings (SSSR count). The molecule has 4 nitrogen and oxygen atoms in total. The zero-order valence-electron chi connectivity index (χ0n) is 11.8. The average Bonchev–Trinajstić information content (AvgIpc) is 2.91. The van der Waals surface area contributed by atoms with Gasteiger partial charge in [0, 0.05) is 47.0 Å². The first-order valence-electron chi connectivity index (χ1n) is 7.27. The second-order valence-electron chi connectivity index (χ2n) is 5.93. The van der Waals surface area contributed by atoms with E-state index in [0.717, 1.165) is 31.8 Å². The fraction of sp³-hybridized carbons (Fsp3) is 0.714. The summed E-state index contributed by atoms with van der Waals surface area (Å²) in [6.07, 6.45) is 0.743. The summed E-state index contributed by atoms with van der Waals surface area (Å²) >= 11 is 3.89. The molecule has 0 N–H and O–H groups in total. The van der Waals surface area contributed by atoms with Gasteiger partial charge in [0.1, 0.15) is 0 Å². The first-order chi connectivity index (χ1) is 9.65. The summed E-state index contributed by atoms with van der Waals surface area (Å²) in [7, 11) is 0. The molecule has 2 atom stereocenters. The van der Waals surface area contributed by atoms with Crippen LogP contribution in [0.5, 0.6) is 0 Å². The van der Waals surface area contributed by atoms with Crippen LogP contribution in [0.15, 0.2) is 15.6 Å². The predicted molar refractivity (Wildman–Crippen MR) is 84.8 cm³/mol. The van der Waals surface area contributed by atoms with Crippen molar-refractivity contribution in [3.8, 4) is 0 Å². The molecule has 6 heteroatoms. The molecule has 4 aliphatic rings. The Hall–Kier alpha value is -0.620. The van der Waals surface area contributed by atoms with E-state index in [2.05, 4.69) is 23.7 Å². The fourth-order valence-corrected chi connectivity index (χ4v) is 5.84. The summed E-state index contributed by atoms with van der Waals surface area (Å²) in [5, 5.41) is 1.91. The molecule has 0 aromatic rings. The van der Waals surface area contributed by atoms with Gasteiger partial charge in [-0.05, 0) is 6.92 Å². The van der Waals surface area contributed by atoms with Crippen LogP contribution in [-0.4, -0.2) is 57.6 Å². The molecule has 0 spiro atoms. The lowest BCUT2D eigenvalue weighted by Gasteiger charge is -2.40. The van der Waals surface area contributed by atoms with Crippen molar-refractivity contribution < 1.29 is 4.79 Å². The smallest absolute Gasteiger partial charge is 0.229 e. The van der Waals surface area contributed by atoms with E-state index in [1.165, 1.54) is 15.8 Å². The van der Waals surface area contributed by atoms with E-state index in [1.54, 1.807) is 0 Å². The number of likely N-dealkylation sites (tertiary alicyclic amines) is 1. The standard InChI is InChI=1S/C14H19N3OS2/c1-8-11-5-12(18)17(11)9(2)13(8)20-10-6-16(7-10)14-15-3-4-19-14/h8,10-11H,3-7H2,1-2H3. The summed E-state index contributed by atoms with van der Waals surface area (Å²) in [6, 6.07) is 0.455. The summed E-state index contributed by atoms with van der Waals surface area (Å²) in [6.45, 7) is 7.59. The van der Waals surface area contributed by atoms with Crippen LogP contribution in [0.4, 0.5) is 0 Å². The van der Waals surface area contributed by atoms with E-state index in [-0.39, 0.29) is 0 Å². The average molecular weight is 309 g/mol. The number of carbonyl (C=O) groups excluding carboxylic acids is 1. The molecule has 2 fully saturated rings. The van der Waals surface area contributed by atoms with Crippen molar-refractivity contribution in [1.82, 2.24) is 9.80 Å². The van der Waals surface area contributed by atoms with Crippen molar-refractivity contribution in [2.45, 2.75) is 31.6 Å². The quantitative estimate of drug-likeness (QED) is 0.731. The highest BCUT2D eigenvalue weighted by atomic mass is 32.2. The largest absolute Gasteiger partial charge is 0.349 e. The molecular formula is C14H19N3OS2. The first kappa shape index (κ1) is 13.1. The second kappa shape index (κ2) is 4.70. The third-order valence-electron chi connectivity index (χ3n) is 4.67. The number of thioether (sulfide) groups is 2. The molecule has 0 saturated carbocycles. The van der Waals surface area contributed by atoms with Crippen molar-refractivity contribution in [3.63, 3.8) is 0 Å². The number of β-lactam (4-membered cyclic amide) rings is 1. The Bertz CT molecular complexity index is 525. The number of hydrogen-bond donors (Lipinski definition) is 0. The van der Waals surface area contributed by atoms with Gasteiger partial charge in [-0.15, -0.1) is 11.8 Å². The minimum Gasteiger partial charge on any atom is -0.349 e. The number of hydrogen-bond acceptors (Lipinski definition) is 5. The molecule has 0 aromatic carbocycles. The summed E-state index contributed by atoms with van der Waals surface area (Å²) in [5.74, 6) is 1.98. The Balaban J connectivity index is 1.38. The molecule has 108 valence electrons. The predicted octanol–water partition coefficient (Wildman–Crippen LogP) is 1.99. The molecule has 0 bridgehead atoms. The van der Waals surface area contributed by atoms with E-state index in [0.29, 0.717) is 23.1 Å². The number of aliphatic imine (C=N–C) groups is 1. The number of rotatable bonds is 2. The minimum absolute atomic E-state index is 0.307. The summed E-state index contributed by atoms with van der Waals surface area (Å²) < 4.78 is 0. The lowest BCUT2D eigenvalue weighted by Crippen LogP contribution is -2.51. The lowest BCUT2D eigenvalue weighted by atomic mass is 9.94. The Morgan fingerprint density at radius 1 is 1.40 bits per heavy atom. The van der Waals surface area contributed by atoms with Gasteiger partial charge in [-0.2, -0.15) is 0 Å². The number of nitrogens with zero attached hydrogens (tertiary/aromatic N) is 3. The zero-order chi connectivity index (χ0) is 13.9. The fourth-order valence-electron chi connectivity index (χ4n) is 3.46. The highest BCUT2D eigenvalue weighted by molar-refractivity contribution is 8.14. The maximum Gasteiger partial charge on any atom is 0.229 e. The molecule has 0 aliphatic carbocycles. The van der Waals surface area contributed by atoms with E-state index >= 15 is 0 Å². The topological polar surface area (TPSA) is 35.9 Å². The number of amidine groups is 1. The van der Waals surface area contributed by atoms with Crippen LogP contribution in [0.2, 0.25) is 0 Å². The Labute approximate surface area is 128 Å². The van der Waals surface area contributed by atoms with Crippen LogP contribution in [0.25, 0.3) is 0 Å². The molecule has 2 saturated heterocycles. The van der Waals surface area contributed by atoms with Gasteiger partial charge in [0.15, 0.2) is 5.17 Å². The number of carbonyl (C=O) groups is 1. The maximum atomic E-state index is 11.7. The number of amides is 1. The van der Waals surface area contributed by atoms with Gasteiger partial charge in [-0.25, -0.2) is 0 Å². The highest BCUT2D eigenvalue weighted by Gasteiger charge is 2.49. The van der Waals surface area contributed by atoms with Crippen molar-refractivity contribution in [2.75, 3.05) is 25.4 Å². The SMILES string of the molecule is CC1=C(SC2CN(C3=NCCS3)C2)C(C)C2CC(=O)N12. The van der Waals surface area contributed by atoms with Crippen molar-refractivity contribution in [3.05, 3.63) is 10.6 Å². The molecule has 20 heavy (non-hydrogen) atoms. The van der Waals surface area contributed by atoms with Crippen LogP contribution in [0.3, 0.4) is 0 Å². The van der Waals surface area contributed by atoms with E-state index < -0.39 is 0 Å². The van der Waals surface area contributed by atoms with Gasteiger partial charge in [0.05, 0.1) is 12.6 Å². The summed E-state index contributed by atoms with van der Waals surface area (Å²) in [5.41, 5.74) is 1.22. The van der Waals surface area contributed by atoms with Crippen LogP contribution in [-0.2, 0) is 4.79 Å². The highest BCUT2D eigenvalue weighted by Crippen LogP contribution is 2.48. The second-order valence-corrected chi connectivity index (χ2v) is 8.34. The summed E-state index contributed by atoms with van der Waals surface area (Å²) in [4.78, 5) is 22.1. The third-order valence-corrected chi connectivity index (χ3v) is 7.26. The van der Waals surface area contributed by atoms with Crippen molar-refractivity contribution >= 4 is 34.6 Å². The number of allylic oxidation sites excluding steroid dienone is 1. The van der Waals surface area contributed by atoms with Gasteiger partial charge in [0.25, 0.3) is 0 Å².